The summed E-state index contributed by atoms with van der Waals surface area (Å²) < 4.78 is 29.6. The zero-order valence-corrected chi connectivity index (χ0v) is 15.8. The van der Waals surface area contributed by atoms with Crippen molar-refractivity contribution < 1.29 is 33.6 Å². The smallest absolute Gasteiger partial charge is 0.329 e. The maximum absolute atomic E-state index is 11.0. The predicted octanol–water partition coefficient (Wildman–Crippen LogP) is 2.75. The molecular formula is C20H28O7. The van der Waals surface area contributed by atoms with Gasteiger partial charge in [0.2, 0.25) is 0 Å². The fraction of sp³-hybridized carbons (Fsp3) is 0.650. The highest BCUT2D eigenvalue weighted by atomic mass is 16.7. The lowest BCUT2D eigenvalue weighted by atomic mass is 9.91. The van der Waals surface area contributed by atoms with Gasteiger partial charge in [-0.05, 0) is 6.42 Å². The number of ether oxygens (including phenoxy) is 5. The van der Waals surface area contributed by atoms with Crippen molar-refractivity contribution in [1.29, 1.82) is 0 Å². The topological polar surface area (TPSA) is 83.5 Å². The second-order valence-electron chi connectivity index (χ2n) is 6.97. The quantitative estimate of drug-likeness (QED) is 0.694. The molecule has 7 heteroatoms. The summed E-state index contributed by atoms with van der Waals surface area (Å²) in [6, 6.07) is 9.63. The molecule has 2 aliphatic heterocycles. The van der Waals surface area contributed by atoms with Crippen molar-refractivity contribution in [2.75, 3.05) is 19.8 Å². The van der Waals surface area contributed by atoms with Crippen LogP contribution in [-0.4, -0.2) is 55.5 Å². The molecule has 0 radical (unpaired) electrons. The molecule has 2 aliphatic rings. The highest BCUT2D eigenvalue weighted by molar-refractivity contribution is 5.68. The first-order valence-corrected chi connectivity index (χ1v) is 9.52. The number of hydrogen-bond acceptors (Lipinski definition) is 6. The predicted molar refractivity (Wildman–Crippen MR) is 96.1 cm³/mol. The van der Waals surface area contributed by atoms with E-state index in [0.717, 1.165) is 18.4 Å². The third-order valence-corrected chi connectivity index (χ3v) is 4.89. The molecular weight excluding hydrogens is 352 g/mol. The van der Waals surface area contributed by atoms with Crippen LogP contribution in [0.3, 0.4) is 0 Å². The fourth-order valence-corrected chi connectivity index (χ4v) is 3.44. The number of unbranched alkanes of at least 4 members (excludes halogenated alkanes) is 1. The lowest BCUT2D eigenvalue weighted by Crippen LogP contribution is -2.60. The van der Waals surface area contributed by atoms with Crippen LogP contribution in [0.25, 0.3) is 0 Å². The molecule has 2 saturated heterocycles. The van der Waals surface area contributed by atoms with Gasteiger partial charge < -0.3 is 28.8 Å². The Morgan fingerprint density at radius 1 is 1.22 bits per heavy atom. The lowest BCUT2D eigenvalue weighted by Gasteiger charge is -2.48. The molecule has 7 nitrogen and oxygen atoms in total. The summed E-state index contributed by atoms with van der Waals surface area (Å²) in [6.45, 7) is 4.56. The van der Waals surface area contributed by atoms with Crippen LogP contribution in [0.5, 0.6) is 0 Å². The summed E-state index contributed by atoms with van der Waals surface area (Å²) in [4.78, 5) is 11.0. The third kappa shape index (κ3) is 5.06. The summed E-state index contributed by atoms with van der Waals surface area (Å²) in [6.07, 6.45) is -0.298. The van der Waals surface area contributed by atoms with Gasteiger partial charge in [-0.2, -0.15) is 0 Å². The first kappa shape index (κ1) is 20.2. The van der Waals surface area contributed by atoms with Crippen LogP contribution in [0.4, 0.5) is 0 Å². The van der Waals surface area contributed by atoms with Gasteiger partial charge >= 0.3 is 5.97 Å². The molecule has 3 unspecified atom stereocenters. The highest BCUT2D eigenvalue weighted by Gasteiger charge is 2.49. The second kappa shape index (κ2) is 9.61. The normalized spacial score (nSPS) is 33.4. The number of benzene rings is 1. The molecule has 0 spiro atoms. The SMILES string of the molecule is CCCCO[C@H]1OC2COC(c3ccccc3)O[C@H]2C(OCC(=O)O)[C@@H]1C. The van der Waals surface area contributed by atoms with Crippen LogP contribution >= 0.6 is 0 Å². The highest BCUT2D eigenvalue weighted by Crippen LogP contribution is 2.37. The Balaban J connectivity index is 1.72. The molecule has 1 aromatic carbocycles. The van der Waals surface area contributed by atoms with Gasteiger partial charge in [0.25, 0.3) is 0 Å². The van der Waals surface area contributed by atoms with Gasteiger partial charge in [0.15, 0.2) is 12.6 Å². The minimum Gasteiger partial charge on any atom is -0.480 e. The van der Waals surface area contributed by atoms with Crippen molar-refractivity contribution in [2.24, 2.45) is 5.92 Å². The number of rotatable bonds is 8. The van der Waals surface area contributed by atoms with E-state index in [1.54, 1.807) is 0 Å². The summed E-state index contributed by atoms with van der Waals surface area (Å²) in [7, 11) is 0. The van der Waals surface area contributed by atoms with E-state index in [4.69, 9.17) is 28.8 Å². The van der Waals surface area contributed by atoms with Crippen LogP contribution in [0.2, 0.25) is 0 Å². The number of hydrogen-bond donors (Lipinski definition) is 1. The van der Waals surface area contributed by atoms with Gasteiger partial charge in [0, 0.05) is 18.1 Å². The van der Waals surface area contributed by atoms with E-state index >= 15 is 0 Å². The van der Waals surface area contributed by atoms with Gasteiger partial charge in [0.1, 0.15) is 18.8 Å². The van der Waals surface area contributed by atoms with Crippen molar-refractivity contribution in [2.45, 2.75) is 57.6 Å². The van der Waals surface area contributed by atoms with Crippen molar-refractivity contribution in [1.82, 2.24) is 0 Å². The Bertz CT molecular complexity index is 593. The lowest BCUT2D eigenvalue weighted by molar-refractivity contribution is -0.355. The molecule has 2 heterocycles. The maximum atomic E-state index is 11.0. The first-order chi connectivity index (χ1) is 13.1. The second-order valence-corrected chi connectivity index (χ2v) is 6.97. The molecule has 6 atom stereocenters. The van der Waals surface area contributed by atoms with Crippen LogP contribution in [0.15, 0.2) is 30.3 Å². The molecule has 3 rings (SSSR count). The molecule has 0 amide bonds. The monoisotopic (exact) mass is 380 g/mol. The van der Waals surface area contributed by atoms with Gasteiger partial charge in [-0.25, -0.2) is 4.79 Å². The van der Waals surface area contributed by atoms with Crippen LogP contribution < -0.4 is 0 Å². The van der Waals surface area contributed by atoms with Gasteiger partial charge in [0.05, 0.1) is 12.7 Å². The Morgan fingerprint density at radius 3 is 2.70 bits per heavy atom. The van der Waals surface area contributed by atoms with Crippen molar-refractivity contribution in [3.05, 3.63) is 35.9 Å². The van der Waals surface area contributed by atoms with E-state index in [-0.39, 0.29) is 18.6 Å². The minimum atomic E-state index is -1.01. The molecule has 0 saturated carbocycles. The zero-order valence-electron chi connectivity index (χ0n) is 15.8. The van der Waals surface area contributed by atoms with E-state index in [0.29, 0.717) is 13.2 Å². The minimum absolute atomic E-state index is 0.169. The first-order valence-electron chi connectivity index (χ1n) is 9.52. The number of carboxylic acids is 1. The van der Waals surface area contributed by atoms with Gasteiger partial charge in [-0.15, -0.1) is 0 Å². The molecule has 0 aliphatic carbocycles. The van der Waals surface area contributed by atoms with Gasteiger partial charge in [-0.1, -0.05) is 50.6 Å². The largest absolute Gasteiger partial charge is 0.480 e. The summed E-state index contributed by atoms with van der Waals surface area (Å²) in [5, 5.41) is 9.04. The number of fused-ring (bicyclic) bond motifs is 1. The zero-order chi connectivity index (χ0) is 19.2. The summed E-state index contributed by atoms with van der Waals surface area (Å²) in [5.74, 6) is -1.18. The maximum Gasteiger partial charge on any atom is 0.329 e. The third-order valence-electron chi connectivity index (χ3n) is 4.89. The Labute approximate surface area is 159 Å². The standard InChI is InChI=1S/C20H28O7/c1-3-4-10-23-19-13(2)17(24-12-16(21)22)18-15(26-19)11-25-20(27-18)14-8-6-5-7-9-14/h5-9,13,15,17-20H,3-4,10-12H2,1-2H3,(H,21,22)/t13-,15?,17?,18+,19-,20?/m0/s1. The van der Waals surface area contributed by atoms with E-state index in [1.165, 1.54) is 0 Å². The summed E-state index contributed by atoms with van der Waals surface area (Å²) in [5.41, 5.74) is 0.905. The van der Waals surface area contributed by atoms with Crippen LogP contribution in [-0.2, 0) is 28.5 Å². The molecule has 150 valence electrons. The number of carboxylic acid groups (broad SMARTS) is 1. The Hall–Kier alpha value is -1.51. The molecule has 1 aromatic rings. The van der Waals surface area contributed by atoms with Crippen molar-refractivity contribution >= 4 is 5.97 Å². The molecule has 0 bridgehead atoms. The van der Waals surface area contributed by atoms with Crippen molar-refractivity contribution in [3.8, 4) is 0 Å². The Morgan fingerprint density at radius 2 is 2.00 bits per heavy atom. The number of carbonyl (C=O) groups is 1. The average molecular weight is 380 g/mol. The van der Waals surface area contributed by atoms with E-state index in [1.807, 2.05) is 37.3 Å². The molecule has 2 fully saturated rings. The molecule has 0 aromatic heterocycles. The van der Waals surface area contributed by atoms with Gasteiger partial charge in [-0.3, -0.25) is 0 Å². The summed E-state index contributed by atoms with van der Waals surface area (Å²) >= 11 is 0. The molecule has 27 heavy (non-hydrogen) atoms. The molecule has 1 N–H and O–H groups in total. The van der Waals surface area contributed by atoms with Crippen LogP contribution in [0, 0.1) is 5.92 Å². The fourth-order valence-electron chi connectivity index (χ4n) is 3.44. The van der Waals surface area contributed by atoms with E-state index in [2.05, 4.69) is 6.92 Å². The average Bonchev–Trinajstić information content (AvgIpc) is 2.68. The Kier molecular flexibility index (Phi) is 7.20. The van der Waals surface area contributed by atoms with E-state index in [9.17, 15) is 4.79 Å². The van der Waals surface area contributed by atoms with Crippen LogP contribution in [0.1, 0.15) is 38.5 Å². The van der Waals surface area contributed by atoms with Crippen molar-refractivity contribution in [3.63, 3.8) is 0 Å². The van der Waals surface area contributed by atoms with E-state index < -0.39 is 30.8 Å². The number of aliphatic carboxylic acids is 1.